The summed E-state index contributed by atoms with van der Waals surface area (Å²) in [4.78, 5) is 0. The highest BCUT2D eigenvalue weighted by atomic mass is 16.3. The second-order valence-corrected chi connectivity index (χ2v) is 13.6. The minimum atomic E-state index is 0.284. The van der Waals surface area contributed by atoms with Crippen LogP contribution in [0.25, 0.3) is 0 Å². The van der Waals surface area contributed by atoms with E-state index in [1.165, 1.54) is 56.9 Å². The Morgan fingerprint density at radius 1 is 0.967 bits per heavy atom. The van der Waals surface area contributed by atoms with Crippen LogP contribution in [0.3, 0.4) is 0 Å². The van der Waals surface area contributed by atoms with Gasteiger partial charge in [-0.2, -0.15) is 0 Å². The van der Waals surface area contributed by atoms with Crippen LogP contribution in [-0.2, 0) is 0 Å². The van der Waals surface area contributed by atoms with Gasteiger partial charge in [-0.05, 0) is 115 Å². The molecule has 1 nitrogen and oxygen atoms in total. The molecule has 1 N–H and O–H groups in total. The molecular weight excluding hydrogens is 364 g/mol. The molecule has 0 heterocycles. The molecule has 4 aliphatic rings. The summed E-state index contributed by atoms with van der Waals surface area (Å²) in [5.74, 6) is 4.58. The molecule has 4 fully saturated rings. The van der Waals surface area contributed by atoms with Crippen molar-refractivity contribution in [2.45, 2.75) is 106 Å². The number of fused-ring (bicyclic) bond motifs is 5. The van der Waals surface area contributed by atoms with E-state index in [1.54, 1.807) is 0 Å². The second kappa shape index (κ2) is 7.36. The normalized spacial score (nSPS) is 53.8. The van der Waals surface area contributed by atoms with Gasteiger partial charge in [0.05, 0.1) is 0 Å². The van der Waals surface area contributed by atoms with E-state index in [4.69, 9.17) is 0 Å². The van der Waals surface area contributed by atoms with Gasteiger partial charge in [0, 0.05) is 6.61 Å². The maximum Gasteiger partial charge on any atom is 0.0436 e. The summed E-state index contributed by atoms with van der Waals surface area (Å²) in [5.41, 5.74) is 3.18. The summed E-state index contributed by atoms with van der Waals surface area (Å²) in [6.45, 7) is 22.8. The smallest absolute Gasteiger partial charge is 0.0436 e. The van der Waals surface area contributed by atoms with Gasteiger partial charge in [0.1, 0.15) is 0 Å². The fourth-order valence-corrected chi connectivity index (χ4v) is 10.5. The van der Waals surface area contributed by atoms with Gasteiger partial charge in [0.2, 0.25) is 0 Å². The summed E-state index contributed by atoms with van der Waals surface area (Å²) in [6.07, 6.45) is 12.0. The van der Waals surface area contributed by atoms with Crippen molar-refractivity contribution in [3.63, 3.8) is 0 Å². The van der Waals surface area contributed by atoms with E-state index in [2.05, 4.69) is 55.0 Å². The van der Waals surface area contributed by atoms with Crippen LogP contribution < -0.4 is 0 Å². The highest BCUT2D eigenvalue weighted by Crippen LogP contribution is 2.75. The average molecular weight is 415 g/mol. The third kappa shape index (κ3) is 2.89. The Labute approximate surface area is 187 Å². The highest BCUT2D eigenvalue weighted by Gasteiger charge is 2.67. The zero-order chi connectivity index (χ0) is 22.1. The van der Waals surface area contributed by atoms with Crippen molar-refractivity contribution in [1.82, 2.24) is 0 Å². The van der Waals surface area contributed by atoms with Crippen LogP contribution in [0.15, 0.2) is 12.2 Å². The van der Waals surface area contributed by atoms with Crippen LogP contribution in [0.2, 0.25) is 0 Å². The van der Waals surface area contributed by atoms with Crippen LogP contribution in [0.1, 0.15) is 106 Å². The molecule has 0 aromatic rings. The lowest BCUT2D eigenvalue weighted by Gasteiger charge is -2.72. The van der Waals surface area contributed by atoms with E-state index in [0.29, 0.717) is 34.7 Å². The molecule has 0 aliphatic heterocycles. The van der Waals surface area contributed by atoms with E-state index in [9.17, 15) is 5.11 Å². The third-order valence-electron chi connectivity index (χ3n) is 12.4. The average Bonchev–Trinajstić information content (AvgIpc) is 2.66. The fourth-order valence-electron chi connectivity index (χ4n) is 10.5. The largest absolute Gasteiger partial charge is 0.396 e. The number of aliphatic hydroxyl groups is 1. The summed E-state index contributed by atoms with van der Waals surface area (Å²) in [7, 11) is 0. The zero-order valence-electron chi connectivity index (χ0n) is 21.2. The molecule has 4 rings (SSSR count). The predicted octanol–water partition coefficient (Wildman–Crippen LogP) is 7.88. The van der Waals surface area contributed by atoms with Gasteiger partial charge in [0.25, 0.3) is 0 Å². The Morgan fingerprint density at radius 3 is 2.30 bits per heavy atom. The molecule has 0 amide bonds. The van der Waals surface area contributed by atoms with Crippen LogP contribution in [0.4, 0.5) is 0 Å². The Bertz CT molecular complexity index is 680. The maximum atomic E-state index is 10.1. The number of rotatable bonds is 3. The van der Waals surface area contributed by atoms with Gasteiger partial charge < -0.3 is 5.11 Å². The number of aliphatic hydroxyl groups excluding tert-OH is 1. The first-order valence-corrected chi connectivity index (χ1v) is 13.2. The molecule has 0 radical (unpaired) electrons. The molecule has 9 atom stereocenters. The summed E-state index contributed by atoms with van der Waals surface area (Å²) >= 11 is 0. The lowest BCUT2D eigenvalue weighted by atomic mass is 9.33. The quantitative estimate of drug-likeness (QED) is 0.466. The SMILES string of the molecule is C=C1CC[C@]2(C)CC[C@]3(C)[C@H](CC[C@@H]4[C@@](C)(CCO)[C@H](C(C)C)CC[C@]43C)[C@H]2[C@@H]1C. The molecule has 4 aliphatic carbocycles. The van der Waals surface area contributed by atoms with Gasteiger partial charge in [-0.15, -0.1) is 0 Å². The Kier molecular flexibility index (Phi) is 5.61. The first-order chi connectivity index (χ1) is 13.9. The van der Waals surface area contributed by atoms with Crippen LogP contribution in [0, 0.1) is 57.2 Å². The summed E-state index contributed by atoms with van der Waals surface area (Å²) < 4.78 is 0. The minimum absolute atomic E-state index is 0.284. The first kappa shape index (κ1) is 22.9. The molecule has 30 heavy (non-hydrogen) atoms. The molecule has 0 aromatic heterocycles. The number of allylic oxidation sites excluding steroid dienone is 1. The van der Waals surface area contributed by atoms with E-state index < -0.39 is 0 Å². The topological polar surface area (TPSA) is 20.2 Å². The first-order valence-electron chi connectivity index (χ1n) is 13.2. The molecule has 172 valence electrons. The van der Waals surface area contributed by atoms with Gasteiger partial charge in [-0.25, -0.2) is 0 Å². The van der Waals surface area contributed by atoms with E-state index in [1.807, 2.05) is 0 Å². The molecular formula is C29H50O. The van der Waals surface area contributed by atoms with Crippen molar-refractivity contribution >= 4 is 0 Å². The summed E-state index contributed by atoms with van der Waals surface area (Å²) in [5, 5.41) is 10.1. The fraction of sp³-hybridized carbons (Fsp3) is 0.931. The molecule has 0 unspecified atom stereocenters. The third-order valence-corrected chi connectivity index (χ3v) is 12.4. The van der Waals surface area contributed by atoms with Crippen LogP contribution >= 0.6 is 0 Å². The predicted molar refractivity (Wildman–Crippen MR) is 128 cm³/mol. The number of hydrogen-bond acceptors (Lipinski definition) is 1. The second-order valence-electron chi connectivity index (χ2n) is 13.6. The Balaban J connectivity index is 1.75. The molecule has 1 heteroatoms. The Morgan fingerprint density at radius 2 is 1.67 bits per heavy atom. The highest BCUT2D eigenvalue weighted by molar-refractivity contribution is 5.20. The van der Waals surface area contributed by atoms with Crippen molar-refractivity contribution in [2.24, 2.45) is 57.2 Å². The molecule has 0 bridgehead atoms. The van der Waals surface area contributed by atoms with Crippen molar-refractivity contribution in [1.29, 1.82) is 0 Å². The Hall–Kier alpha value is -0.300. The van der Waals surface area contributed by atoms with Gasteiger partial charge >= 0.3 is 0 Å². The minimum Gasteiger partial charge on any atom is -0.396 e. The van der Waals surface area contributed by atoms with E-state index in [-0.39, 0.29) is 5.41 Å². The lowest BCUT2D eigenvalue weighted by Crippen LogP contribution is -2.65. The monoisotopic (exact) mass is 414 g/mol. The molecule has 0 spiro atoms. The zero-order valence-corrected chi connectivity index (χ0v) is 21.2. The molecule has 4 saturated carbocycles. The van der Waals surface area contributed by atoms with Crippen molar-refractivity contribution in [3.8, 4) is 0 Å². The van der Waals surface area contributed by atoms with Gasteiger partial charge in [0.15, 0.2) is 0 Å². The van der Waals surface area contributed by atoms with E-state index >= 15 is 0 Å². The molecule has 0 aromatic carbocycles. The lowest BCUT2D eigenvalue weighted by molar-refractivity contribution is -0.230. The van der Waals surface area contributed by atoms with Crippen LogP contribution in [-0.4, -0.2) is 11.7 Å². The van der Waals surface area contributed by atoms with Crippen molar-refractivity contribution < 1.29 is 5.11 Å². The number of hydrogen-bond donors (Lipinski definition) is 1. The van der Waals surface area contributed by atoms with Gasteiger partial charge in [-0.1, -0.05) is 60.6 Å². The summed E-state index contributed by atoms with van der Waals surface area (Å²) in [6, 6.07) is 0. The maximum absolute atomic E-state index is 10.1. The molecule has 0 saturated heterocycles. The van der Waals surface area contributed by atoms with Crippen LogP contribution in [0.5, 0.6) is 0 Å². The van der Waals surface area contributed by atoms with E-state index in [0.717, 1.165) is 30.1 Å². The standard InChI is InChI=1S/C29H50O/c1-19(2)22-12-14-29(8)24(27(22,6)17-18-30)10-9-23-25-21(4)20(3)11-13-26(25,5)15-16-28(23,29)7/h19,21-25,30H,3,9-18H2,1-2,4-8H3/t21-,22+,23-,24-,25-,26-,27+,28-,29-/m1/s1. The van der Waals surface area contributed by atoms with Gasteiger partial charge in [-0.3, -0.25) is 0 Å². The van der Waals surface area contributed by atoms with Crippen molar-refractivity contribution in [3.05, 3.63) is 12.2 Å². The van der Waals surface area contributed by atoms with Crippen molar-refractivity contribution in [2.75, 3.05) is 6.61 Å².